The maximum atomic E-state index is 9.91. The van der Waals surface area contributed by atoms with Crippen molar-refractivity contribution in [3.8, 4) is 17.6 Å². The van der Waals surface area contributed by atoms with Crippen LogP contribution in [0.2, 0.25) is 0 Å². The number of aromatic hydroxyl groups is 1. The minimum Gasteiger partial charge on any atom is -0.503 e. The second-order valence-electron chi connectivity index (χ2n) is 6.64. The number of para-hydroxylation sites is 1. The summed E-state index contributed by atoms with van der Waals surface area (Å²) >= 11 is 0. The Morgan fingerprint density at radius 3 is 2.74 bits per heavy atom. The van der Waals surface area contributed by atoms with Gasteiger partial charge in [0.05, 0.1) is 12.2 Å². The average Bonchev–Trinajstić information content (AvgIpc) is 2.82. The van der Waals surface area contributed by atoms with Crippen LogP contribution in [0.3, 0.4) is 0 Å². The predicted octanol–water partition coefficient (Wildman–Crippen LogP) is 1.96. The fourth-order valence-electron chi connectivity index (χ4n) is 4.17. The van der Waals surface area contributed by atoms with Crippen molar-refractivity contribution in [2.24, 2.45) is 11.8 Å². The molecule has 0 amide bonds. The summed E-state index contributed by atoms with van der Waals surface area (Å²) in [6.07, 6.45) is 3.62. The Hall–Kier alpha value is -1.77. The Bertz CT molecular complexity index is 570. The smallest absolute Gasteiger partial charge is 0.175 e. The molecule has 2 unspecified atom stereocenters. The number of nitriles is 1. The molecule has 1 aliphatic carbocycles. The van der Waals surface area contributed by atoms with Gasteiger partial charge in [-0.3, -0.25) is 0 Å². The Kier molecular flexibility index (Phi) is 5.04. The maximum Gasteiger partial charge on any atom is 0.175 e. The Balaban J connectivity index is 1.44. The van der Waals surface area contributed by atoms with Crippen LogP contribution >= 0.6 is 0 Å². The molecular formula is C18H25N3O2. The highest BCUT2D eigenvalue weighted by atomic mass is 16.5. The van der Waals surface area contributed by atoms with Crippen molar-refractivity contribution in [1.82, 2.24) is 10.2 Å². The van der Waals surface area contributed by atoms with Crippen LogP contribution in [0.1, 0.15) is 24.8 Å². The van der Waals surface area contributed by atoms with Gasteiger partial charge in [-0.05, 0) is 50.3 Å². The number of phenols is 1. The third-order valence-corrected chi connectivity index (χ3v) is 5.24. The zero-order valence-electron chi connectivity index (χ0n) is 13.7. The molecular weight excluding hydrogens is 290 g/mol. The monoisotopic (exact) mass is 315 g/mol. The van der Waals surface area contributed by atoms with Crippen molar-refractivity contribution in [3.63, 3.8) is 0 Å². The zero-order chi connectivity index (χ0) is 16.2. The van der Waals surface area contributed by atoms with Crippen LogP contribution in [0, 0.1) is 23.2 Å². The minimum absolute atomic E-state index is 0.0529. The standard InChI is InChI=1S/C18H25N3O2/c1-20-17-14-6-7-15(17)12-21(11-14)8-3-9-23-16-5-2-4-13(10-19)18(16)22/h2,4-5,14-15,17,20,22H,3,6-9,11-12H2,1H3. The molecule has 1 saturated heterocycles. The molecule has 0 radical (unpaired) electrons. The summed E-state index contributed by atoms with van der Waals surface area (Å²) in [4.78, 5) is 2.55. The van der Waals surface area contributed by atoms with Gasteiger partial charge in [-0.25, -0.2) is 0 Å². The van der Waals surface area contributed by atoms with Crippen molar-refractivity contribution in [3.05, 3.63) is 23.8 Å². The largest absolute Gasteiger partial charge is 0.503 e. The van der Waals surface area contributed by atoms with Gasteiger partial charge >= 0.3 is 0 Å². The number of nitrogens with one attached hydrogen (secondary N) is 1. The zero-order valence-corrected chi connectivity index (χ0v) is 13.7. The lowest BCUT2D eigenvalue weighted by Gasteiger charge is -2.37. The number of phenolic OH excluding ortho intramolecular Hbond substituents is 1. The molecule has 1 aromatic carbocycles. The number of hydrogen-bond acceptors (Lipinski definition) is 5. The number of fused-ring (bicyclic) bond motifs is 2. The van der Waals surface area contributed by atoms with E-state index in [1.165, 1.54) is 25.9 Å². The van der Waals surface area contributed by atoms with E-state index in [1.54, 1.807) is 18.2 Å². The van der Waals surface area contributed by atoms with Gasteiger partial charge in [0.2, 0.25) is 0 Å². The highest BCUT2D eigenvalue weighted by molar-refractivity contribution is 5.51. The second kappa shape index (κ2) is 7.20. The molecule has 0 aromatic heterocycles. The normalized spacial score (nSPS) is 26.9. The van der Waals surface area contributed by atoms with E-state index in [1.807, 2.05) is 6.07 Å². The number of benzene rings is 1. The van der Waals surface area contributed by atoms with Crippen molar-refractivity contribution < 1.29 is 9.84 Å². The van der Waals surface area contributed by atoms with E-state index in [9.17, 15) is 5.11 Å². The number of likely N-dealkylation sites (tertiary alicyclic amines) is 1. The topological polar surface area (TPSA) is 68.5 Å². The molecule has 2 fully saturated rings. The lowest BCUT2D eigenvalue weighted by molar-refractivity contribution is 0.125. The van der Waals surface area contributed by atoms with E-state index in [0.29, 0.717) is 18.4 Å². The first kappa shape index (κ1) is 16.1. The van der Waals surface area contributed by atoms with Crippen molar-refractivity contribution in [1.29, 1.82) is 5.26 Å². The van der Waals surface area contributed by atoms with Crippen LogP contribution < -0.4 is 10.1 Å². The van der Waals surface area contributed by atoms with Gasteiger partial charge in [-0.15, -0.1) is 0 Å². The molecule has 1 saturated carbocycles. The number of rotatable bonds is 6. The molecule has 5 heteroatoms. The number of hydrogen-bond donors (Lipinski definition) is 2. The lowest BCUT2D eigenvalue weighted by atomic mass is 9.92. The van der Waals surface area contributed by atoms with E-state index in [4.69, 9.17) is 10.00 Å². The summed E-state index contributed by atoms with van der Waals surface area (Å²) in [5, 5.41) is 22.3. The quantitative estimate of drug-likeness (QED) is 0.786. The van der Waals surface area contributed by atoms with E-state index >= 15 is 0 Å². The van der Waals surface area contributed by atoms with E-state index in [2.05, 4.69) is 17.3 Å². The molecule has 124 valence electrons. The van der Waals surface area contributed by atoms with Crippen molar-refractivity contribution in [2.75, 3.05) is 33.3 Å². The molecule has 3 rings (SSSR count). The minimum atomic E-state index is -0.0529. The molecule has 0 spiro atoms. The van der Waals surface area contributed by atoms with Gasteiger partial charge in [0.25, 0.3) is 0 Å². The maximum absolute atomic E-state index is 9.91. The first-order valence-electron chi connectivity index (χ1n) is 8.47. The van der Waals surface area contributed by atoms with Crippen LogP contribution in [0.4, 0.5) is 0 Å². The van der Waals surface area contributed by atoms with Gasteiger partial charge in [-0.1, -0.05) is 6.07 Å². The average molecular weight is 315 g/mol. The lowest BCUT2D eigenvalue weighted by Crippen LogP contribution is -2.50. The number of piperidine rings is 1. The molecule has 2 N–H and O–H groups in total. The van der Waals surface area contributed by atoms with E-state index in [0.717, 1.165) is 24.8 Å². The van der Waals surface area contributed by atoms with Gasteiger partial charge in [0, 0.05) is 25.7 Å². The van der Waals surface area contributed by atoms with Gasteiger partial charge < -0.3 is 20.1 Å². The molecule has 1 aromatic rings. The molecule has 5 nitrogen and oxygen atoms in total. The van der Waals surface area contributed by atoms with Crippen molar-refractivity contribution >= 4 is 0 Å². The van der Waals surface area contributed by atoms with Gasteiger partial charge in [-0.2, -0.15) is 5.26 Å². The Labute approximate surface area is 137 Å². The summed E-state index contributed by atoms with van der Waals surface area (Å²) in [5.41, 5.74) is 0.258. The van der Waals surface area contributed by atoms with Gasteiger partial charge in [0.1, 0.15) is 6.07 Å². The molecule has 23 heavy (non-hydrogen) atoms. The fraction of sp³-hybridized carbons (Fsp3) is 0.611. The predicted molar refractivity (Wildman–Crippen MR) is 88.4 cm³/mol. The molecule has 1 aliphatic heterocycles. The molecule has 1 heterocycles. The van der Waals surface area contributed by atoms with Crippen LogP contribution in [0.25, 0.3) is 0 Å². The summed E-state index contributed by atoms with van der Waals surface area (Å²) in [5.74, 6) is 1.92. The fourth-order valence-corrected chi connectivity index (χ4v) is 4.17. The molecule has 2 atom stereocenters. The SMILES string of the molecule is CNC1C2CCC1CN(CCCOc1cccc(C#N)c1O)C2. The van der Waals surface area contributed by atoms with Gasteiger partial charge in [0.15, 0.2) is 11.5 Å². The van der Waals surface area contributed by atoms with Crippen LogP contribution in [0.15, 0.2) is 18.2 Å². The summed E-state index contributed by atoms with van der Waals surface area (Å²) in [7, 11) is 2.08. The summed E-state index contributed by atoms with van der Waals surface area (Å²) < 4.78 is 5.64. The molecule has 2 aliphatic rings. The van der Waals surface area contributed by atoms with Crippen LogP contribution in [0.5, 0.6) is 11.5 Å². The number of nitrogens with zero attached hydrogens (tertiary/aromatic N) is 2. The summed E-state index contributed by atoms with van der Waals surface area (Å²) in [6.45, 7) is 3.94. The van der Waals surface area contributed by atoms with E-state index in [-0.39, 0.29) is 11.3 Å². The Morgan fingerprint density at radius 2 is 2.09 bits per heavy atom. The Morgan fingerprint density at radius 1 is 1.35 bits per heavy atom. The van der Waals surface area contributed by atoms with Crippen LogP contribution in [-0.2, 0) is 0 Å². The first-order chi connectivity index (χ1) is 11.2. The number of ether oxygens (including phenoxy) is 1. The third-order valence-electron chi connectivity index (χ3n) is 5.24. The second-order valence-corrected chi connectivity index (χ2v) is 6.64. The van der Waals surface area contributed by atoms with Crippen molar-refractivity contribution in [2.45, 2.75) is 25.3 Å². The van der Waals surface area contributed by atoms with E-state index < -0.39 is 0 Å². The first-order valence-corrected chi connectivity index (χ1v) is 8.47. The molecule has 2 bridgehead atoms. The summed E-state index contributed by atoms with van der Waals surface area (Å²) in [6, 6.07) is 7.68. The van der Waals surface area contributed by atoms with Crippen LogP contribution in [-0.4, -0.2) is 49.3 Å². The third kappa shape index (κ3) is 3.44. The highest BCUT2D eigenvalue weighted by Crippen LogP contribution is 2.36. The highest BCUT2D eigenvalue weighted by Gasteiger charge is 2.40.